The lowest BCUT2D eigenvalue weighted by Gasteiger charge is -2.35. The lowest BCUT2D eigenvalue weighted by molar-refractivity contribution is 0.0698. The second-order valence-electron chi connectivity index (χ2n) is 6.26. The zero-order valence-electron chi connectivity index (χ0n) is 15.1. The third kappa shape index (κ3) is 3.83. The van der Waals surface area contributed by atoms with Crippen LogP contribution in [0, 0.1) is 0 Å². The monoisotopic (exact) mass is 377 g/mol. The van der Waals surface area contributed by atoms with Crippen molar-refractivity contribution >= 4 is 29.2 Å². The van der Waals surface area contributed by atoms with Crippen LogP contribution >= 0.6 is 0 Å². The van der Waals surface area contributed by atoms with Gasteiger partial charge in [-0.1, -0.05) is 12.1 Å². The van der Waals surface area contributed by atoms with E-state index >= 15 is 0 Å². The summed E-state index contributed by atoms with van der Waals surface area (Å²) in [6, 6.07) is 10.4. The van der Waals surface area contributed by atoms with Gasteiger partial charge < -0.3 is 20.2 Å². The van der Waals surface area contributed by atoms with Crippen LogP contribution in [0.5, 0.6) is 0 Å². The lowest BCUT2D eigenvalue weighted by Crippen LogP contribution is -2.47. The number of para-hydroxylation sites is 1. The molecule has 0 amide bonds. The van der Waals surface area contributed by atoms with Crippen molar-refractivity contribution in [1.82, 2.24) is 19.9 Å². The fraction of sp³-hybridized carbons (Fsp3) is 0.211. The normalized spacial score (nSPS) is 14.0. The van der Waals surface area contributed by atoms with Gasteiger partial charge in [0.15, 0.2) is 0 Å². The number of piperazine rings is 1. The third-order valence-corrected chi connectivity index (χ3v) is 4.51. The first kappa shape index (κ1) is 17.7. The Kier molecular flexibility index (Phi) is 4.96. The molecular formula is C19H19N7O2. The Morgan fingerprint density at radius 2 is 1.64 bits per heavy atom. The van der Waals surface area contributed by atoms with E-state index in [-0.39, 0.29) is 5.56 Å². The van der Waals surface area contributed by atoms with Crippen LogP contribution in [0.2, 0.25) is 0 Å². The Morgan fingerprint density at radius 1 is 0.929 bits per heavy atom. The van der Waals surface area contributed by atoms with Crippen LogP contribution < -0.4 is 15.1 Å². The molecule has 9 nitrogen and oxygen atoms in total. The van der Waals surface area contributed by atoms with E-state index < -0.39 is 5.97 Å². The Bertz CT molecular complexity index is 959. The molecule has 3 aromatic rings. The molecule has 0 aliphatic carbocycles. The molecule has 0 spiro atoms. The van der Waals surface area contributed by atoms with Gasteiger partial charge in [-0.3, -0.25) is 0 Å². The molecule has 0 radical (unpaired) electrons. The fourth-order valence-electron chi connectivity index (χ4n) is 3.09. The first-order valence-corrected chi connectivity index (χ1v) is 8.89. The lowest BCUT2D eigenvalue weighted by atomic mass is 10.2. The first-order valence-electron chi connectivity index (χ1n) is 8.89. The van der Waals surface area contributed by atoms with E-state index in [1.54, 1.807) is 42.7 Å². The van der Waals surface area contributed by atoms with Crippen molar-refractivity contribution in [3.63, 3.8) is 0 Å². The standard InChI is InChI=1S/C19H19N7O2/c27-18(28)14-4-1-2-5-15(14)24-16-12-17(23-13-22-16)25-8-10-26(11-9-25)19-20-6-3-7-21-19/h1-7,12-13H,8-11H2,(H,27,28)(H,22,23,24). The van der Waals surface area contributed by atoms with Crippen molar-refractivity contribution in [2.75, 3.05) is 41.3 Å². The molecule has 0 saturated carbocycles. The van der Waals surface area contributed by atoms with Crippen LogP contribution in [-0.2, 0) is 0 Å². The summed E-state index contributed by atoms with van der Waals surface area (Å²) in [5, 5.41) is 12.4. The van der Waals surface area contributed by atoms with Gasteiger partial charge in [0.1, 0.15) is 18.0 Å². The molecule has 28 heavy (non-hydrogen) atoms. The number of aromatic nitrogens is 4. The summed E-state index contributed by atoms with van der Waals surface area (Å²) >= 11 is 0. The Hall–Kier alpha value is -3.75. The molecule has 9 heteroatoms. The van der Waals surface area contributed by atoms with Gasteiger partial charge in [0.2, 0.25) is 5.95 Å². The van der Waals surface area contributed by atoms with Gasteiger partial charge in [0, 0.05) is 44.6 Å². The van der Waals surface area contributed by atoms with Crippen molar-refractivity contribution in [2.24, 2.45) is 0 Å². The van der Waals surface area contributed by atoms with E-state index in [0.29, 0.717) is 11.5 Å². The highest BCUT2D eigenvalue weighted by Crippen LogP contribution is 2.23. The maximum absolute atomic E-state index is 11.4. The number of carboxylic acids is 1. The molecule has 2 aromatic heterocycles. The highest BCUT2D eigenvalue weighted by molar-refractivity contribution is 5.95. The molecule has 1 saturated heterocycles. The molecule has 4 rings (SSSR count). The highest BCUT2D eigenvalue weighted by Gasteiger charge is 2.20. The van der Waals surface area contributed by atoms with Crippen LogP contribution in [0.4, 0.5) is 23.3 Å². The topological polar surface area (TPSA) is 107 Å². The summed E-state index contributed by atoms with van der Waals surface area (Å²) < 4.78 is 0. The number of aromatic carboxylic acids is 1. The predicted octanol–water partition coefficient (Wildman–Crippen LogP) is 2.03. The van der Waals surface area contributed by atoms with E-state index in [0.717, 1.165) is 37.9 Å². The van der Waals surface area contributed by atoms with Gasteiger partial charge in [-0.25, -0.2) is 24.7 Å². The fourth-order valence-corrected chi connectivity index (χ4v) is 3.09. The quantitative estimate of drug-likeness (QED) is 0.690. The van der Waals surface area contributed by atoms with Gasteiger partial charge in [-0.05, 0) is 18.2 Å². The largest absolute Gasteiger partial charge is 0.478 e. The zero-order valence-corrected chi connectivity index (χ0v) is 15.1. The minimum absolute atomic E-state index is 0.194. The summed E-state index contributed by atoms with van der Waals surface area (Å²) in [6.07, 6.45) is 4.96. The van der Waals surface area contributed by atoms with Gasteiger partial charge in [-0.15, -0.1) is 0 Å². The summed E-state index contributed by atoms with van der Waals surface area (Å²) in [7, 11) is 0. The summed E-state index contributed by atoms with van der Waals surface area (Å²) in [5.41, 5.74) is 0.685. The van der Waals surface area contributed by atoms with Gasteiger partial charge >= 0.3 is 5.97 Å². The molecule has 1 aromatic carbocycles. The number of carboxylic acid groups (broad SMARTS) is 1. The number of hydrogen-bond acceptors (Lipinski definition) is 8. The van der Waals surface area contributed by atoms with E-state index in [4.69, 9.17) is 0 Å². The van der Waals surface area contributed by atoms with Crippen molar-refractivity contribution < 1.29 is 9.90 Å². The Labute approximate surface area is 161 Å². The van der Waals surface area contributed by atoms with Crippen molar-refractivity contribution in [2.45, 2.75) is 0 Å². The number of anilines is 4. The van der Waals surface area contributed by atoms with Crippen LogP contribution in [0.25, 0.3) is 0 Å². The number of carbonyl (C=O) groups is 1. The molecule has 1 aliphatic rings. The first-order chi connectivity index (χ1) is 13.7. The molecule has 0 atom stereocenters. The molecule has 2 N–H and O–H groups in total. The van der Waals surface area contributed by atoms with Crippen molar-refractivity contribution in [3.8, 4) is 0 Å². The zero-order chi connectivity index (χ0) is 19.3. The van der Waals surface area contributed by atoms with E-state index in [1.807, 2.05) is 6.07 Å². The predicted molar refractivity (Wildman–Crippen MR) is 105 cm³/mol. The number of rotatable bonds is 5. The molecule has 1 fully saturated rings. The molecule has 0 bridgehead atoms. The van der Waals surface area contributed by atoms with Gasteiger partial charge in [0.05, 0.1) is 11.3 Å². The molecular weight excluding hydrogens is 358 g/mol. The van der Waals surface area contributed by atoms with Gasteiger partial charge in [-0.2, -0.15) is 0 Å². The minimum atomic E-state index is -0.989. The summed E-state index contributed by atoms with van der Waals surface area (Å²) in [6.45, 7) is 3.14. The van der Waals surface area contributed by atoms with Crippen LogP contribution in [0.15, 0.2) is 55.1 Å². The van der Waals surface area contributed by atoms with E-state index in [2.05, 4.69) is 35.1 Å². The van der Waals surface area contributed by atoms with Crippen molar-refractivity contribution in [3.05, 3.63) is 60.7 Å². The minimum Gasteiger partial charge on any atom is -0.478 e. The molecule has 3 heterocycles. The smallest absolute Gasteiger partial charge is 0.337 e. The number of nitrogens with one attached hydrogen (secondary N) is 1. The molecule has 1 aliphatic heterocycles. The van der Waals surface area contributed by atoms with Gasteiger partial charge in [0.25, 0.3) is 0 Å². The van der Waals surface area contributed by atoms with Crippen LogP contribution in [0.1, 0.15) is 10.4 Å². The number of benzene rings is 1. The number of hydrogen-bond donors (Lipinski definition) is 2. The Morgan fingerprint density at radius 3 is 2.39 bits per heavy atom. The highest BCUT2D eigenvalue weighted by atomic mass is 16.4. The third-order valence-electron chi connectivity index (χ3n) is 4.51. The number of nitrogens with zero attached hydrogens (tertiary/aromatic N) is 6. The second-order valence-corrected chi connectivity index (χ2v) is 6.26. The van der Waals surface area contributed by atoms with E-state index in [1.165, 1.54) is 6.33 Å². The van der Waals surface area contributed by atoms with Crippen LogP contribution in [0.3, 0.4) is 0 Å². The summed E-state index contributed by atoms with van der Waals surface area (Å²) in [4.78, 5) is 32.9. The van der Waals surface area contributed by atoms with E-state index in [9.17, 15) is 9.90 Å². The maximum atomic E-state index is 11.4. The SMILES string of the molecule is O=C(O)c1ccccc1Nc1cc(N2CCN(c3ncccn3)CC2)ncn1. The summed E-state index contributed by atoms with van der Waals surface area (Å²) in [5.74, 6) is 1.08. The average molecular weight is 377 g/mol. The Balaban J connectivity index is 1.46. The average Bonchev–Trinajstić information content (AvgIpc) is 2.75. The molecule has 142 valence electrons. The van der Waals surface area contributed by atoms with Crippen LogP contribution in [-0.4, -0.2) is 57.2 Å². The van der Waals surface area contributed by atoms with Crippen molar-refractivity contribution in [1.29, 1.82) is 0 Å². The molecule has 0 unspecified atom stereocenters. The maximum Gasteiger partial charge on any atom is 0.337 e. The second kappa shape index (κ2) is 7.87.